The molecule has 0 amide bonds. The maximum atomic E-state index is 13.1. The minimum atomic E-state index is -0.0951. The summed E-state index contributed by atoms with van der Waals surface area (Å²) in [5.41, 5.74) is 3.93. The van der Waals surface area contributed by atoms with Gasteiger partial charge in [-0.1, -0.05) is 24.3 Å². The second-order valence-electron chi connectivity index (χ2n) is 7.10. The van der Waals surface area contributed by atoms with Gasteiger partial charge >= 0.3 is 0 Å². The fraction of sp³-hybridized carbons (Fsp3) is 0.227. The van der Waals surface area contributed by atoms with E-state index >= 15 is 0 Å². The van der Waals surface area contributed by atoms with E-state index in [1.54, 1.807) is 18.6 Å². The van der Waals surface area contributed by atoms with Crippen LogP contribution in [0, 0.1) is 0 Å². The molecule has 1 aliphatic rings. The summed E-state index contributed by atoms with van der Waals surface area (Å²) in [6.45, 7) is 2.75. The number of rotatable bonds is 4. The maximum absolute atomic E-state index is 13.1. The molecule has 4 aromatic rings. The Balaban J connectivity index is 1.54. The number of hydrogen-bond donors (Lipinski definition) is 1. The van der Waals surface area contributed by atoms with Crippen LogP contribution in [0.4, 0.5) is 5.82 Å². The minimum absolute atomic E-state index is 0.0951. The lowest BCUT2D eigenvalue weighted by atomic mass is 10.1. The summed E-state index contributed by atoms with van der Waals surface area (Å²) in [6.07, 6.45) is 8.51. The number of fused-ring (bicyclic) bond motifs is 2. The van der Waals surface area contributed by atoms with Crippen molar-refractivity contribution in [2.24, 2.45) is 0 Å². The Morgan fingerprint density at radius 1 is 1.21 bits per heavy atom. The minimum Gasteiger partial charge on any atom is -0.444 e. The van der Waals surface area contributed by atoms with E-state index in [4.69, 9.17) is 4.42 Å². The Labute approximate surface area is 161 Å². The van der Waals surface area contributed by atoms with Gasteiger partial charge in [0, 0.05) is 18.8 Å². The number of benzene rings is 1. The number of anilines is 1. The van der Waals surface area contributed by atoms with Crippen LogP contribution in [0.3, 0.4) is 0 Å². The molecular formula is C22H20N4O2. The summed E-state index contributed by atoms with van der Waals surface area (Å²) in [5, 5.41) is 4.12. The molecule has 0 saturated heterocycles. The molecular weight excluding hydrogens is 352 g/mol. The molecule has 28 heavy (non-hydrogen) atoms. The van der Waals surface area contributed by atoms with Crippen LogP contribution in [0.15, 0.2) is 64.4 Å². The molecule has 0 bridgehead atoms. The van der Waals surface area contributed by atoms with Gasteiger partial charge in [-0.15, -0.1) is 0 Å². The number of aromatic nitrogens is 3. The van der Waals surface area contributed by atoms with Crippen molar-refractivity contribution in [2.45, 2.75) is 32.4 Å². The Bertz CT molecular complexity index is 1190. The fourth-order valence-electron chi connectivity index (χ4n) is 4.01. The van der Waals surface area contributed by atoms with E-state index in [0.717, 1.165) is 30.7 Å². The highest BCUT2D eigenvalue weighted by Gasteiger charge is 2.21. The quantitative estimate of drug-likeness (QED) is 0.592. The van der Waals surface area contributed by atoms with Crippen molar-refractivity contribution in [3.8, 4) is 11.5 Å². The Kier molecular flexibility index (Phi) is 3.97. The van der Waals surface area contributed by atoms with E-state index in [1.165, 1.54) is 17.4 Å². The standard InChI is InChI=1S/C22H20N4O2/c1-2-26-13-18(22-23-7-8-28-22)21(27)17-11-20(24-12-19(17)26)25-16-9-14-5-3-4-6-15(14)10-16/h3-8,11-13,16H,2,9-10H2,1H3,(H,24,25). The fourth-order valence-corrected chi connectivity index (χ4v) is 4.01. The van der Waals surface area contributed by atoms with Crippen molar-refractivity contribution in [2.75, 3.05) is 5.32 Å². The van der Waals surface area contributed by atoms with Crippen LogP contribution in [0.2, 0.25) is 0 Å². The molecule has 6 heteroatoms. The lowest BCUT2D eigenvalue weighted by molar-refractivity contribution is 0.573. The molecule has 5 rings (SSSR count). The Morgan fingerprint density at radius 2 is 2.00 bits per heavy atom. The molecule has 0 saturated carbocycles. The normalized spacial score (nSPS) is 13.8. The monoisotopic (exact) mass is 372 g/mol. The molecule has 0 spiro atoms. The van der Waals surface area contributed by atoms with E-state index in [0.29, 0.717) is 16.8 Å². The maximum Gasteiger partial charge on any atom is 0.231 e. The SMILES string of the molecule is CCn1cc(-c2ncco2)c(=O)c2cc(NC3Cc4ccccc4C3)ncc21. The summed E-state index contributed by atoms with van der Waals surface area (Å²) in [5.74, 6) is 1.06. The Hall–Kier alpha value is -3.41. The van der Waals surface area contributed by atoms with Crippen molar-refractivity contribution < 1.29 is 4.42 Å². The molecule has 3 aromatic heterocycles. The van der Waals surface area contributed by atoms with Crippen molar-refractivity contribution in [3.63, 3.8) is 0 Å². The van der Waals surface area contributed by atoms with Gasteiger partial charge < -0.3 is 14.3 Å². The average molecular weight is 372 g/mol. The molecule has 1 aliphatic carbocycles. The van der Waals surface area contributed by atoms with Gasteiger partial charge in [0.2, 0.25) is 11.3 Å². The van der Waals surface area contributed by atoms with Crippen molar-refractivity contribution >= 4 is 16.7 Å². The van der Waals surface area contributed by atoms with Gasteiger partial charge in [-0.3, -0.25) is 4.79 Å². The summed E-state index contributed by atoms with van der Waals surface area (Å²) in [4.78, 5) is 21.8. The average Bonchev–Trinajstić information content (AvgIpc) is 3.38. The van der Waals surface area contributed by atoms with Crippen LogP contribution in [0.25, 0.3) is 22.4 Å². The van der Waals surface area contributed by atoms with Gasteiger partial charge in [0.05, 0.1) is 23.3 Å². The Morgan fingerprint density at radius 3 is 2.68 bits per heavy atom. The van der Waals surface area contributed by atoms with Crippen LogP contribution < -0.4 is 10.7 Å². The molecule has 140 valence electrons. The predicted octanol–water partition coefficient (Wildman–Crippen LogP) is 3.65. The van der Waals surface area contributed by atoms with E-state index in [1.807, 2.05) is 17.6 Å². The lowest BCUT2D eigenvalue weighted by Gasteiger charge is -2.15. The van der Waals surface area contributed by atoms with Crippen molar-refractivity contribution in [1.29, 1.82) is 0 Å². The second-order valence-corrected chi connectivity index (χ2v) is 7.10. The van der Waals surface area contributed by atoms with E-state index in [9.17, 15) is 4.79 Å². The molecule has 3 heterocycles. The summed E-state index contributed by atoms with van der Waals surface area (Å²) >= 11 is 0. The molecule has 1 aromatic carbocycles. The number of aryl methyl sites for hydroxylation is 1. The summed E-state index contributed by atoms with van der Waals surface area (Å²) in [7, 11) is 0. The largest absolute Gasteiger partial charge is 0.444 e. The lowest BCUT2D eigenvalue weighted by Crippen LogP contribution is -2.21. The van der Waals surface area contributed by atoms with Gasteiger partial charge in [-0.05, 0) is 37.0 Å². The second kappa shape index (κ2) is 6.64. The topological polar surface area (TPSA) is 73.0 Å². The van der Waals surface area contributed by atoms with Gasteiger partial charge in [0.15, 0.2) is 0 Å². The van der Waals surface area contributed by atoms with Crippen LogP contribution in [0.1, 0.15) is 18.1 Å². The number of pyridine rings is 2. The molecule has 6 nitrogen and oxygen atoms in total. The number of nitrogens with zero attached hydrogens (tertiary/aromatic N) is 3. The molecule has 0 aliphatic heterocycles. The third kappa shape index (κ3) is 2.78. The summed E-state index contributed by atoms with van der Waals surface area (Å²) in [6, 6.07) is 10.6. The van der Waals surface area contributed by atoms with E-state index in [-0.39, 0.29) is 11.5 Å². The number of oxazole rings is 1. The van der Waals surface area contributed by atoms with Gasteiger partial charge in [0.1, 0.15) is 17.6 Å². The number of hydrogen-bond acceptors (Lipinski definition) is 5. The smallest absolute Gasteiger partial charge is 0.231 e. The zero-order chi connectivity index (χ0) is 19.1. The molecule has 1 N–H and O–H groups in total. The van der Waals surface area contributed by atoms with Gasteiger partial charge in [0.25, 0.3) is 0 Å². The van der Waals surface area contributed by atoms with Crippen LogP contribution in [-0.4, -0.2) is 20.6 Å². The highest BCUT2D eigenvalue weighted by atomic mass is 16.3. The first-order valence-electron chi connectivity index (χ1n) is 9.49. The zero-order valence-corrected chi connectivity index (χ0v) is 15.6. The third-order valence-electron chi connectivity index (χ3n) is 5.37. The van der Waals surface area contributed by atoms with Crippen LogP contribution in [-0.2, 0) is 19.4 Å². The first-order chi connectivity index (χ1) is 13.7. The first-order valence-corrected chi connectivity index (χ1v) is 9.49. The van der Waals surface area contributed by atoms with E-state index < -0.39 is 0 Å². The molecule has 0 unspecified atom stereocenters. The first kappa shape index (κ1) is 16.7. The number of nitrogens with one attached hydrogen (secondary N) is 1. The molecule has 0 radical (unpaired) electrons. The highest BCUT2D eigenvalue weighted by molar-refractivity contribution is 5.84. The highest BCUT2D eigenvalue weighted by Crippen LogP contribution is 2.25. The molecule has 0 fully saturated rings. The van der Waals surface area contributed by atoms with Crippen molar-refractivity contribution in [3.05, 3.63) is 76.5 Å². The van der Waals surface area contributed by atoms with Crippen LogP contribution >= 0.6 is 0 Å². The van der Waals surface area contributed by atoms with Gasteiger partial charge in [-0.2, -0.15) is 0 Å². The van der Waals surface area contributed by atoms with Crippen LogP contribution in [0.5, 0.6) is 0 Å². The van der Waals surface area contributed by atoms with Gasteiger partial charge in [-0.25, -0.2) is 9.97 Å². The zero-order valence-electron chi connectivity index (χ0n) is 15.6. The predicted molar refractivity (Wildman–Crippen MR) is 108 cm³/mol. The molecule has 0 atom stereocenters. The summed E-state index contributed by atoms with van der Waals surface area (Å²) < 4.78 is 7.37. The third-order valence-corrected chi connectivity index (χ3v) is 5.37. The van der Waals surface area contributed by atoms with Crippen molar-refractivity contribution in [1.82, 2.24) is 14.5 Å². The van der Waals surface area contributed by atoms with E-state index in [2.05, 4.69) is 39.6 Å².